The van der Waals surface area contributed by atoms with Crippen molar-refractivity contribution in [2.45, 2.75) is 26.7 Å². The molecule has 1 aromatic carbocycles. The van der Waals surface area contributed by atoms with Crippen LogP contribution in [-0.4, -0.2) is 37.8 Å². The number of rotatable bonds is 8. The first-order chi connectivity index (χ1) is 11.4. The van der Waals surface area contributed by atoms with Gasteiger partial charge in [0.05, 0.1) is 18.0 Å². The van der Waals surface area contributed by atoms with Crippen LogP contribution in [0.2, 0.25) is 0 Å². The highest BCUT2D eigenvalue weighted by Crippen LogP contribution is 2.16. The van der Waals surface area contributed by atoms with Crippen molar-refractivity contribution in [3.8, 4) is 6.01 Å². The van der Waals surface area contributed by atoms with Crippen molar-refractivity contribution in [1.82, 2.24) is 9.97 Å². The van der Waals surface area contributed by atoms with Gasteiger partial charge in [-0.05, 0) is 44.9 Å². The third-order valence-corrected chi connectivity index (χ3v) is 5.38. The summed E-state index contributed by atoms with van der Waals surface area (Å²) in [5.41, 5.74) is 2.37. The lowest BCUT2D eigenvalue weighted by Crippen LogP contribution is -2.29. The molecule has 0 spiro atoms. The van der Waals surface area contributed by atoms with Gasteiger partial charge in [-0.1, -0.05) is 18.2 Å². The predicted octanol–water partition coefficient (Wildman–Crippen LogP) is 2.72. The molecule has 0 N–H and O–H groups in total. The molecule has 1 aromatic heterocycles. The largest absolute Gasteiger partial charge is 0.463 e. The van der Waals surface area contributed by atoms with Gasteiger partial charge < -0.3 is 4.74 Å². The molecule has 2 rings (SSSR count). The highest BCUT2D eigenvalue weighted by atomic mass is 32.2. The molecule has 1 heterocycles. The zero-order chi connectivity index (χ0) is 17.6. The van der Waals surface area contributed by atoms with Crippen LogP contribution in [0.15, 0.2) is 36.4 Å². The van der Waals surface area contributed by atoms with E-state index in [9.17, 15) is 8.42 Å². The van der Waals surface area contributed by atoms with E-state index in [1.165, 1.54) is 4.31 Å². The Labute approximate surface area is 143 Å². The number of unbranched alkanes of at least 4 members (excludes halogenated alkanes) is 1. The minimum atomic E-state index is -3.33. The molecule has 0 aliphatic carbocycles. The third-order valence-electron chi connectivity index (χ3n) is 3.53. The van der Waals surface area contributed by atoms with Crippen molar-refractivity contribution in [2.24, 2.45) is 0 Å². The monoisotopic (exact) mass is 349 g/mol. The molecule has 0 bridgehead atoms. The zero-order valence-electron chi connectivity index (χ0n) is 14.3. The summed E-state index contributed by atoms with van der Waals surface area (Å²) < 4.78 is 31.4. The molecule has 24 heavy (non-hydrogen) atoms. The SMILES string of the molecule is Cc1cc(C)nc(OCCCCS(=O)(=O)N(C)c2ccccc2)n1. The number of nitrogens with zero attached hydrogens (tertiary/aromatic N) is 3. The number of hydrogen-bond acceptors (Lipinski definition) is 5. The summed E-state index contributed by atoms with van der Waals surface area (Å²) in [6.45, 7) is 4.16. The first-order valence-electron chi connectivity index (χ1n) is 7.85. The lowest BCUT2D eigenvalue weighted by atomic mass is 10.3. The summed E-state index contributed by atoms with van der Waals surface area (Å²) in [5, 5.41) is 0. The van der Waals surface area contributed by atoms with E-state index in [-0.39, 0.29) is 5.75 Å². The van der Waals surface area contributed by atoms with Crippen molar-refractivity contribution < 1.29 is 13.2 Å². The Kier molecular flexibility index (Phi) is 6.14. The van der Waals surface area contributed by atoms with Crippen LogP contribution in [-0.2, 0) is 10.0 Å². The molecule has 130 valence electrons. The standard InChI is InChI=1S/C17H23N3O3S/c1-14-13-15(2)19-17(18-14)23-11-7-8-12-24(21,22)20(3)16-9-5-4-6-10-16/h4-6,9-10,13H,7-8,11-12H2,1-3H3. The van der Waals surface area contributed by atoms with Crippen LogP contribution >= 0.6 is 0 Å². The number of para-hydroxylation sites is 1. The minimum Gasteiger partial charge on any atom is -0.463 e. The number of anilines is 1. The van der Waals surface area contributed by atoms with Gasteiger partial charge >= 0.3 is 6.01 Å². The fourth-order valence-electron chi connectivity index (χ4n) is 2.24. The number of benzene rings is 1. The Morgan fingerprint density at radius 2 is 1.67 bits per heavy atom. The molecule has 7 heteroatoms. The maximum atomic E-state index is 12.3. The number of hydrogen-bond donors (Lipinski definition) is 0. The van der Waals surface area contributed by atoms with Crippen LogP contribution in [0.3, 0.4) is 0 Å². The molecular formula is C17H23N3O3S. The van der Waals surface area contributed by atoms with Crippen LogP contribution < -0.4 is 9.04 Å². The summed E-state index contributed by atoms with van der Waals surface area (Å²) >= 11 is 0. The summed E-state index contributed by atoms with van der Waals surface area (Å²) in [6, 6.07) is 11.3. The van der Waals surface area contributed by atoms with Crippen LogP contribution in [0.25, 0.3) is 0 Å². The van der Waals surface area contributed by atoms with Gasteiger partial charge in [0.15, 0.2) is 0 Å². The van der Waals surface area contributed by atoms with E-state index in [1.807, 2.05) is 38.1 Å². The second-order valence-corrected chi connectivity index (χ2v) is 7.73. The molecule has 0 atom stereocenters. The van der Waals surface area contributed by atoms with E-state index in [1.54, 1.807) is 19.2 Å². The molecule has 0 saturated heterocycles. The average molecular weight is 349 g/mol. The number of aryl methyl sites for hydroxylation is 2. The van der Waals surface area contributed by atoms with Crippen molar-refractivity contribution in [1.29, 1.82) is 0 Å². The fourth-order valence-corrected chi connectivity index (χ4v) is 3.53. The Balaban J connectivity index is 1.79. The van der Waals surface area contributed by atoms with Gasteiger partial charge in [-0.2, -0.15) is 0 Å². The van der Waals surface area contributed by atoms with Gasteiger partial charge in [0.1, 0.15) is 0 Å². The zero-order valence-corrected chi connectivity index (χ0v) is 15.1. The maximum absolute atomic E-state index is 12.3. The molecular weight excluding hydrogens is 326 g/mol. The number of sulfonamides is 1. The van der Waals surface area contributed by atoms with Crippen LogP contribution in [0.1, 0.15) is 24.2 Å². The summed E-state index contributed by atoms with van der Waals surface area (Å²) in [4.78, 5) is 8.38. The van der Waals surface area contributed by atoms with Crippen molar-refractivity contribution in [3.05, 3.63) is 47.8 Å². The van der Waals surface area contributed by atoms with Gasteiger partial charge in [0.2, 0.25) is 10.0 Å². The minimum absolute atomic E-state index is 0.0788. The average Bonchev–Trinajstić information content (AvgIpc) is 2.53. The topological polar surface area (TPSA) is 72.4 Å². The first-order valence-corrected chi connectivity index (χ1v) is 9.46. The third kappa shape index (κ3) is 5.19. The predicted molar refractivity (Wildman–Crippen MR) is 94.9 cm³/mol. The van der Waals surface area contributed by atoms with E-state index < -0.39 is 10.0 Å². The van der Waals surface area contributed by atoms with Crippen LogP contribution in [0.5, 0.6) is 6.01 Å². The van der Waals surface area contributed by atoms with E-state index in [0.29, 0.717) is 31.1 Å². The second-order valence-electron chi connectivity index (χ2n) is 5.61. The van der Waals surface area contributed by atoms with Gasteiger partial charge in [-0.3, -0.25) is 4.31 Å². The van der Waals surface area contributed by atoms with Gasteiger partial charge in [0, 0.05) is 18.4 Å². The quantitative estimate of drug-likeness (QED) is 0.685. The first kappa shape index (κ1) is 18.2. The summed E-state index contributed by atoms with van der Waals surface area (Å²) in [5.74, 6) is 0.0788. The van der Waals surface area contributed by atoms with Gasteiger partial charge in [0.25, 0.3) is 0 Å². The van der Waals surface area contributed by atoms with Gasteiger partial charge in [-0.25, -0.2) is 18.4 Å². The number of ether oxygens (including phenoxy) is 1. The maximum Gasteiger partial charge on any atom is 0.316 e. The Morgan fingerprint density at radius 3 is 2.29 bits per heavy atom. The molecule has 0 unspecified atom stereocenters. The highest BCUT2D eigenvalue weighted by molar-refractivity contribution is 7.92. The number of aromatic nitrogens is 2. The van der Waals surface area contributed by atoms with Crippen molar-refractivity contribution in [3.63, 3.8) is 0 Å². The lowest BCUT2D eigenvalue weighted by molar-refractivity contribution is 0.284. The lowest BCUT2D eigenvalue weighted by Gasteiger charge is -2.19. The Bertz CT molecular complexity index is 744. The van der Waals surface area contributed by atoms with E-state index >= 15 is 0 Å². The molecule has 0 aliphatic heterocycles. The molecule has 6 nitrogen and oxygen atoms in total. The van der Waals surface area contributed by atoms with Crippen molar-refractivity contribution in [2.75, 3.05) is 23.7 Å². The van der Waals surface area contributed by atoms with Gasteiger partial charge in [-0.15, -0.1) is 0 Å². The van der Waals surface area contributed by atoms with Crippen LogP contribution in [0.4, 0.5) is 5.69 Å². The summed E-state index contributed by atoms with van der Waals surface area (Å²) in [6.07, 6.45) is 1.14. The Morgan fingerprint density at radius 1 is 1.04 bits per heavy atom. The Hall–Kier alpha value is -2.15. The van der Waals surface area contributed by atoms with E-state index in [0.717, 1.165) is 11.4 Å². The highest BCUT2D eigenvalue weighted by Gasteiger charge is 2.17. The summed E-state index contributed by atoms with van der Waals surface area (Å²) in [7, 11) is -1.75. The van der Waals surface area contributed by atoms with Crippen molar-refractivity contribution >= 4 is 15.7 Å². The van der Waals surface area contributed by atoms with E-state index in [4.69, 9.17) is 4.74 Å². The molecule has 0 radical (unpaired) electrons. The normalized spacial score (nSPS) is 11.3. The fraction of sp³-hybridized carbons (Fsp3) is 0.412. The van der Waals surface area contributed by atoms with Crippen LogP contribution in [0, 0.1) is 13.8 Å². The molecule has 0 aliphatic rings. The molecule has 0 fully saturated rings. The van der Waals surface area contributed by atoms with E-state index in [2.05, 4.69) is 9.97 Å². The molecule has 0 amide bonds. The molecule has 0 saturated carbocycles. The molecule has 2 aromatic rings. The smallest absolute Gasteiger partial charge is 0.316 e. The second kappa shape index (κ2) is 8.10.